The first-order chi connectivity index (χ1) is 8.31. The largest absolute Gasteiger partial charge is 0.398 e. The van der Waals surface area contributed by atoms with Gasteiger partial charge in [0.05, 0.1) is 9.37 Å². The molecule has 2 rings (SSSR count). The van der Waals surface area contributed by atoms with Crippen molar-refractivity contribution in [1.82, 2.24) is 4.72 Å². The van der Waals surface area contributed by atoms with Gasteiger partial charge in [-0.05, 0) is 53.7 Å². The van der Waals surface area contributed by atoms with Crippen molar-refractivity contribution < 1.29 is 8.42 Å². The normalized spacial score (nSPS) is 17.7. The molecule has 1 fully saturated rings. The van der Waals surface area contributed by atoms with E-state index in [-0.39, 0.29) is 10.9 Å². The van der Waals surface area contributed by atoms with E-state index >= 15 is 0 Å². The minimum Gasteiger partial charge on any atom is -0.398 e. The summed E-state index contributed by atoms with van der Waals surface area (Å²) in [5, 5.41) is 0.301. The van der Waals surface area contributed by atoms with Crippen LogP contribution in [0.4, 0.5) is 5.69 Å². The summed E-state index contributed by atoms with van der Waals surface area (Å²) in [5.41, 5.74) is 6.00. The van der Waals surface area contributed by atoms with E-state index in [0.29, 0.717) is 21.1 Å². The van der Waals surface area contributed by atoms with E-state index < -0.39 is 10.0 Å². The van der Waals surface area contributed by atoms with Crippen LogP contribution >= 0.6 is 27.5 Å². The fraction of sp³-hybridized carbons (Fsp3) is 0.455. The first kappa shape index (κ1) is 14.1. The quantitative estimate of drug-likeness (QED) is 0.818. The molecule has 0 saturated heterocycles. The molecule has 4 nitrogen and oxygen atoms in total. The molecule has 0 bridgehead atoms. The minimum atomic E-state index is -3.60. The van der Waals surface area contributed by atoms with Crippen molar-refractivity contribution in [1.29, 1.82) is 0 Å². The van der Waals surface area contributed by atoms with E-state index in [9.17, 15) is 8.42 Å². The van der Waals surface area contributed by atoms with Crippen molar-refractivity contribution in [3.63, 3.8) is 0 Å². The molecule has 1 saturated carbocycles. The molecule has 1 atom stereocenters. The molecule has 1 aromatic carbocycles. The third-order valence-corrected chi connectivity index (χ3v) is 5.94. The van der Waals surface area contributed by atoms with E-state index in [4.69, 9.17) is 17.3 Å². The van der Waals surface area contributed by atoms with Gasteiger partial charge in [0, 0.05) is 16.8 Å². The van der Waals surface area contributed by atoms with Gasteiger partial charge in [-0.3, -0.25) is 0 Å². The predicted octanol–water partition coefficient (Wildman–Crippen LogP) is 2.76. The molecule has 1 aliphatic rings. The molecule has 3 N–H and O–H groups in total. The maximum atomic E-state index is 12.2. The summed E-state index contributed by atoms with van der Waals surface area (Å²) in [4.78, 5) is 0.0833. The number of hydrogen-bond donors (Lipinski definition) is 2. The number of benzene rings is 1. The Morgan fingerprint density at radius 1 is 1.50 bits per heavy atom. The maximum Gasteiger partial charge on any atom is 0.242 e. The van der Waals surface area contributed by atoms with Crippen molar-refractivity contribution >= 4 is 43.2 Å². The van der Waals surface area contributed by atoms with Gasteiger partial charge >= 0.3 is 0 Å². The molecule has 7 heteroatoms. The van der Waals surface area contributed by atoms with Gasteiger partial charge in [-0.15, -0.1) is 0 Å². The van der Waals surface area contributed by atoms with Crippen molar-refractivity contribution in [2.75, 3.05) is 5.73 Å². The van der Waals surface area contributed by atoms with Gasteiger partial charge in [0.2, 0.25) is 10.0 Å². The van der Waals surface area contributed by atoms with Gasteiger partial charge in [0.15, 0.2) is 0 Å². The van der Waals surface area contributed by atoms with E-state index in [2.05, 4.69) is 20.7 Å². The Morgan fingerprint density at radius 3 is 2.67 bits per heavy atom. The van der Waals surface area contributed by atoms with Crippen LogP contribution in [0.3, 0.4) is 0 Å². The molecular formula is C11H14BrClN2O2S. The highest BCUT2D eigenvalue weighted by atomic mass is 79.9. The van der Waals surface area contributed by atoms with Crippen LogP contribution in [0.1, 0.15) is 19.8 Å². The molecule has 0 aliphatic heterocycles. The molecule has 1 aromatic rings. The number of nitrogens with two attached hydrogens (primary N) is 1. The summed E-state index contributed by atoms with van der Waals surface area (Å²) in [5.74, 6) is 0.440. The lowest BCUT2D eigenvalue weighted by molar-refractivity contribution is 0.538. The lowest BCUT2D eigenvalue weighted by Gasteiger charge is -2.15. The SMILES string of the molecule is CC(NS(=O)(=O)c1cc(Cl)cc(N)c1Br)C1CC1. The zero-order valence-corrected chi connectivity index (χ0v) is 12.9. The summed E-state index contributed by atoms with van der Waals surface area (Å²) in [6.45, 7) is 1.87. The molecule has 0 aromatic heterocycles. The van der Waals surface area contributed by atoms with Gasteiger partial charge in [-0.1, -0.05) is 11.6 Å². The third kappa shape index (κ3) is 2.99. The molecule has 0 radical (unpaired) electrons. The van der Waals surface area contributed by atoms with Crippen molar-refractivity contribution in [2.24, 2.45) is 5.92 Å². The molecule has 1 unspecified atom stereocenters. The van der Waals surface area contributed by atoms with Crippen LogP contribution in [0.2, 0.25) is 5.02 Å². The van der Waals surface area contributed by atoms with E-state index in [1.54, 1.807) is 0 Å². The Bertz CT molecular complexity index is 573. The first-order valence-electron chi connectivity index (χ1n) is 5.58. The Hall–Kier alpha value is -0.300. The number of hydrogen-bond acceptors (Lipinski definition) is 3. The van der Waals surface area contributed by atoms with Crippen molar-refractivity contribution in [2.45, 2.75) is 30.7 Å². The van der Waals surface area contributed by atoms with Crippen molar-refractivity contribution in [3.05, 3.63) is 21.6 Å². The molecule has 0 heterocycles. The van der Waals surface area contributed by atoms with E-state index in [1.165, 1.54) is 12.1 Å². The zero-order chi connectivity index (χ0) is 13.5. The highest BCUT2D eigenvalue weighted by Crippen LogP contribution is 2.35. The zero-order valence-electron chi connectivity index (χ0n) is 9.78. The first-order valence-corrected chi connectivity index (χ1v) is 8.23. The lowest BCUT2D eigenvalue weighted by atomic mass is 10.2. The number of halogens is 2. The van der Waals surface area contributed by atoms with Gasteiger partial charge < -0.3 is 5.73 Å². The van der Waals surface area contributed by atoms with Gasteiger partial charge in [0.1, 0.15) is 0 Å². The summed E-state index contributed by atoms with van der Waals surface area (Å²) in [6, 6.07) is 2.83. The summed E-state index contributed by atoms with van der Waals surface area (Å²) in [6.07, 6.45) is 2.14. The van der Waals surface area contributed by atoms with Crippen LogP contribution in [0.25, 0.3) is 0 Å². The third-order valence-electron chi connectivity index (χ3n) is 2.99. The second-order valence-corrected chi connectivity index (χ2v) is 7.47. The van der Waals surface area contributed by atoms with Gasteiger partial charge in [-0.25, -0.2) is 13.1 Å². The molecule has 0 amide bonds. The Morgan fingerprint density at radius 2 is 2.11 bits per heavy atom. The Labute approximate surface area is 120 Å². The Kier molecular flexibility index (Phi) is 3.92. The van der Waals surface area contributed by atoms with Gasteiger partial charge in [0.25, 0.3) is 0 Å². The predicted molar refractivity (Wildman–Crippen MR) is 76.1 cm³/mol. The standard InChI is InChI=1S/C11H14BrClN2O2S/c1-6(7-2-3-7)15-18(16,17)10-5-8(13)4-9(14)11(10)12/h4-7,15H,2-3,14H2,1H3. The van der Waals surface area contributed by atoms with Crippen LogP contribution < -0.4 is 10.5 Å². The van der Waals surface area contributed by atoms with Crippen LogP contribution in [-0.2, 0) is 10.0 Å². The molecular weight excluding hydrogens is 340 g/mol. The topological polar surface area (TPSA) is 72.2 Å². The van der Waals surface area contributed by atoms with Crippen molar-refractivity contribution in [3.8, 4) is 0 Å². The highest BCUT2D eigenvalue weighted by Gasteiger charge is 2.32. The smallest absolute Gasteiger partial charge is 0.242 e. The molecule has 18 heavy (non-hydrogen) atoms. The second-order valence-electron chi connectivity index (χ2n) is 4.55. The van der Waals surface area contributed by atoms with Crippen LogP contribution in [0.5, 0.6) is 0 Å². The summed E-state index contributed by atoms with van der Waals surface area (Å²) < 4.78 is 27.5. The Balaban J connectivity index is 2.34. The lowest BCUT2D eigenvalue weighted by Crippen LogP contribution is -2.34. The number of nitrogens with one attached hydrogen (secondary N) is 1. The fourth-order valence-corrected chi connectivity index (χ4v) is 4.38. The fourth-order valence-electron chi connectivity index (χ4n) is 1.78. The number of rotatable bonds is 4. The number of nitrogen functional groups attached to an aromatic ring is 1. The maximum absolute atomic E-state index is 12.2. The average molecular weight is 354 g/mol. The number of anilines is 1. The number of sulfonamides is 1. The van der Waals surface area contributed by atoms with E-state index in [1.807, 2.05) is 6.92 Å². The van der Waals surface area contributed by atoms with Crippen LogP contribution in [0.15, 0.2) is 21.5 Å². The minimum absolute atomic E-state index is 0.0675. The highest BCUT2D eigenvalue weighted by molar-refractivity contribution is 9.10. The molecule has 100 valence electrons. The average Bonchev–Trinajstić information content (AvgIpc) is 3.05. The van der Waals surface area contributed by atoms with Crippen LogP contribution in [-0.4, -0.2) is 14.5 Å². The monoisotopic (exact) mass is 352 g/mol. The summed E-state index contributed by atoms with van der Waals surface area (Å²) in [7, 11) is -3.60. The second kappa shape index (κ2) is 5.00. The van der Waals surface area contributed by atoms with E-state index in [0.717, 1.165) is 12.8 Å². The summed E-state index contributed by atoms with van der Waals surface area (Å²) >= 11 is 9.04. The van der Waals surface area contributed by atoms with Gasteiger partial charge in [-0.2, -0.15) is 0 Å². The van der Waals surface area contributed by atoms with Crippen LogP contribution in [0, 0.1) is 5.92 Å². The molecule has 1 aliphatic carbocycles. The molecule has 0 spiro atoms.